The van der Waals surface area contributed by atoms with Gasteiger partial charge in [-0.1, -0.05) is 24.9 Å². The third-order valence-corrected chi connectivity index (χ3v) is 6.67. The molecule has 118 valence electrons. The first-order valence-corrected chi connectivity index (χ1v) is 9.23. The number of hydrogen-bond donors (Lipinski definition) is 1. The van der Waals surface area contributed by atoms with Gasteiger partial charge in [-0.05, 0) is 49.8 Å². The minimum atomic E-state index is -3.48. The zero-order chi connectivity index (χ0) is 15.6. The van der Waals surface area contributed by atoms with Crippen LogP contribution in [0.2, 0.25) is 5.02 Å². The highest BCUT2D eigenvalue weighted by Crippen LogP contribution is 2.30. The average molecular weight is 331 g/mol. The lowest BCUT2D eigenvalue weighted by atomic mass is 9.98. The number of sulfonamides is 1. The van der Waals surface area contributed by atoms with Crippen LogP contribution in [0.1, 0.15) is 38.2 Å². The molecular formula is C15H23ClN2O2S. The highest BCUT2D eigenvalue weighted by molar-refractivity contribution is 7.89. The van der Waals surface area contributed by atoms with Crippen molar-refractivity contribution < 1.29 is 8.42 Å². The minimum Gasteiger partial charge on any atom is -0.397 e. The van der Waals surface area contributed by atoms with Crippen molar-refractivity contribution in [1.82, 2.24) is 4.31 Å². The normalized spacial score (nSPS) is 21.2. The summed E-state index contributed by atoms with van der Waals surface area (Å²) in [5.74, 6) is 0.627. The smallest absolute Gasteiger partial charge is 0.243 e. The number of anilines is 1. The number of benzene rings is 1. The van der Waals surface area contributed by atoms with Crippen LogP contribution in [0.3, 0.4) is 0 Å². The van der Waals surface area contributed by atoms with E-state index in [2.05, 4.69) is 6.92 Å². The van der Waals surface area contributed by atoms with Crippen molar-refractivity contribution in [2.45, 2.75) is 44.4 Å². The number of halogens is 1. The molecule has 2 rings (SSSR count). The summed E-state index contributed by atoms with van der Waals surface area (Å²) in [5.41, 5.74) is 6.81. The van der Waals surface area contributed by atoms with Crippen LogP contribution in [0.15, 0.2) is 17.0 Å². The molecule has 0 spiro atoms. The topological polar surface area (TPSA) is 63.4 Å². The molecule has 0 radical (unpaired) electrons. The minimum absolute atomic E-state index is 0.247. The fourth-order valence-corrected chi connectivity index (χ4v) is 4.57. The van der Waals surface area contributed by atoms with E-state index in [1.54, 1.807) is 17.3 Å². The Morgan fingerprint density at radius 1 is 1.33 bits per heavy atom. The fraction of sp³-hybridized carbons (Fsp3) is 0.600. The second-order valence-electron chi connectivity index (χ2n) is 5.75. The summed E-state index contributed by atoms with van der Waals surface area (Å²) in [4.78, 5) is 0.247. The van der Waals surface area contributed by atoms with Crippen molar-refractivity contribution in [1.29, 1.82) is 0 Å². The number of nitrogen functional groups attached to an aromatic ring is 1. The molecule has 1 saturated heterocycles. The van der Waals surface area contributed by atoms with Gasteiger partial charge in [-0.25, -0.2) is 8.42 Å². The van der Waals surface area contributed by atoms with E-state index in [-0.39, 0.29) is 4.90 Å². The second kappa shape index (κ2) is 6.55. The lowest BCUT2D eigenvalue weighted by Gasteiger charge is -2.21. The summed E-state index contributed by atoms with van der Waals surface area (Å²) in [6, 6.07) is 3.07. The van der Waals surface area contributed by atoms with Crippen LogP contribution >= 0.6 is 11.6 Å². The maximum absolute atomic E-state index is 12.8. The lowest BCUT2D eigenvalue weighted by Crippen LogP contribution is -2.32. The van der Waals surface area contributed by atoms with Crippen molar-refractivity contribution in [2.24, 2.45) is 5.92 Å². The van der Waals surface area contributed by atoms with E-state index in [1.165, 1.54) is 6.07 Å². The Morgan fingerprint density at radius 3 is 2.67 bits per heavy atom. The average Bonchev–Trinajstić information content (AvgIpc) is 2.69. The summed E-state index contributed by atoms with van der Waals surface area (Å²) >= 11 is 6.02. The van der Waals surface area contributed by atoms with Crippen LogP contribution in [0, 0.1) is 12.8 Å². The molecule has 1 fully saturated rings. The van der Waals surface area contributed by atoms with Crippen LogP contribution < -0.4 is 5.73 Å². The number of nitrogens with zero attached hydrogens (tertiary/aromatic N) is 1. The van der Waals surface area contributed by atoms with Gasteiger partial charge < -0.3 is 5.73 Å². The molecule has 1 aromatic rings. The van der Waals surface area contributed by atoms with Gasteiger partial charge in [0.05, 0.1) is 15.6 Å². The SMILES string of the molecule is CCC1CCCN(S(=O)(=O)c2cc(C)c(Cl)c(N)c2)CC1. The first-order valence-electron chi connectivity index (χ1n) is 7.42. The Bertz CT molecular complexity index is 593. The zero-order valence-electron chi connectivity index (χ0n) is 12.6. The van der Waals surface area contributed by atoms with Crippen molar-refractivity contribution in [3.63, 3.8) is 0 Å². The quantitative estimate of drug-likeness (QED) is 0.863. The maximum Gasteiger partial charge on any atom is 0.243 e. The zero-order valence-corrected chi connectivity index (χ0v) is 14.2. The largest absolute Gasteiger partial charge is 0.397 e. The Balaban J connectivity index is 2.29. The Labute approximate surface area is 132 Å². The van der Waals surface area contributed by atoms with Crippen molar-refractivity contribution in [3.05, 3.63) is 22.7 Å². The van der Waals surface area contributed by atoms with Gasteiger partial charge in [0.25, 0.3) is 0 Å². The van der Waals surface area contributed by atoms with E-state index >= 15 is 0 Å². The second-order valence-corrected chi connectivity index (χ2v) is 8.07. The van der Waals surface area contributed by atoms with E-state index in [0.717, 1.165) is 25.7 Å². The molecule has 1 unspecified atom stereocenters. The molecule has 21 heavy (non-hydrogen) atoms. The Hall–Kier alpha value is -0.780. The number of nitrogens with two attached hydrogens (primary N) is 1. The fourth-order valence-electron chi connectivity index (χ4n) is 2.85. The number of hydrogen-bond acceptors (Lipinski definition) is 3. The van der Waals surface area contributed by atoms with Crippen LogP contribution in [0.25, 0.3) is 0 Å². The van der Waals surface area contributed by atoms with Crippen molar-refractivity contribution in [3.8, 4) is 0 Å². The maximum atomic E-state index is 12.8. The van der Waals surface area contributed by atoms with E-state index in [9.17, 15) is 8.42 Å². The van der Waals surface area contributed by atoms with Gasteiger partial charge in [0.1, 0.15) is 0 Å². The van der Waals surface area contributed by atoms with Crippen LogP contribution in [0.4, 0.5) is 5.69 Å². The van der Waals surface area contributed by atoms with Gasteiger partial charge in [-0.2, -0.15) is 4.31 Å². The molecule has 4 nitrogen and oxygen atoms in total. The lowest BCUT2D eigenvalue weighted by molar-refractivity contribution is 0.407. The van der Waals surface area contributed by atoms with Gasteiger partial charge in [-0.15, -0.1) is 0 Å². The number of rotatable bonds is 3. The third-order valence-electron chi connectivity index (χ3n) is 4.28. The molecule has 0 saturated carbocycles. The van der Waals surface area contributed by atoms with E-state index in [4.69, 9.17) is 17.3 Å². The molecule has 0 bridgehead atoms. The molecule has 1 heterocycles. The molecular weight excluding hydrogens is 308 g/mol. The first-order chi connectivity index (χ1) is 9.86. The molecule has 0 aliphatic carbocycles. The molecule has 1 aliphatic heterocycles. The van der Waals surface area contributed by atoms with Gasteiger partial charge in [0, 0.05) is 13.1 Å². The molecule has 1 atom stereocenters. The van der Waals surface area contributed by atoms with E-state index in [0.29, 0.717) is 35.3 Å². The van der Waals surface area contributed by atoms with Crippen LogP contribution in [-0.4, -0.2) is 25.8 Å². The standard InChI is InChI=1S/C15H23ClN2O2S/c1-3-12-5-4-7-18(8-6-12)21(19,20)13-9-11(2)15(16)14(17)10-13/h9-10,12H,3-8,17H2,1-2H3. The first kappa shape index (κ1) is 16.6. The summed E-state index contributed by atoms with van der Waals surface area (Å²) in [6.45, 7) is 5.11. The monoisotopic (exact) mass is 330 g/mol. The van der Waals surface area contributed by atoms with Gasteiger partial charge in [0.15, 0.2) is 0 Å². The molecule has 1 aliphatic rings. The molecule has 1 aromatic carbocycles. The summed E-state index contributed by atoms with van der Waals surface area (Å²) < 4.78 is 27.1. The van der Waals surface area contributed by atoms with E-state index in [1.807, 2.05) is 0 Å². The van der Waals surface area contributed by atoms with Gasteiger partial charge in [-0.3, -0.25) is 0 Å². The molecule has 6 heteroatoms. The highest BCUT2D eigenvalue weighted by atomic mass is 35.5. The summed E-state index contributed by atoms with van der Waals surface area (Å²) in [5, 5.41) is 0.427. The predicted octanol–water partition coefficient (Wildman–Crippen LogP) is 3.43. The Morgan fingerprint density at radius 2 is 2.05 bits per heavy atom. The molecule has 0 amide bonds. The van der Waals surface area contributed by atoms with Gasteiger partial charge >= 0.3 is 0 Å². The molecule has 2 N–H and O–H groups in total. The summed E-state index contributed by atoms with van der Waals surface area (Å²) in [7, 11) is -3.48. The number of aryl methyl sites for hydroxylation is 1. The third kappa shape index (κ3) is 3.52. The van der Waals surface area contributed by atoms with Crippen molar-refractivity contribution >= 4 is 27.3 Å². The van der Waals surface area contributed by atoms with Crippen molar-refractivity contribution in [2.75, 3.05) is 18.8 Å². The molecule has 0 aromatic heterocycles. The van der Waals surface area contributed by atoms with Crippen LogP contribution in [0.5, 0.6) is 0 Å². The highest BCUT2D eigenvalue weighted by Gasteiger charge is 2.28. The Kier molecular flexibility index (Phi) is 5.17. The predicted molar refractivity (Wildman–Crippen MR) is 87.0 cm³/mol. The van der Waals surface area contributed by atoms with Gasteiger partial charge in [0.2, 0.25) is 10.0 Å². The van der Waals surface area contributed by atoms with Crippen LogP contribution in [-0.2, 0) is 10.0 Å². The van der Waals surface area contributed by atoms with E-state index < -0.39 is 10.0 Å². The summed E-state index contributed by atoms with van der Waals surface area (Å²) in [6.07, 6.45) is 4.06.